The van der Waals surface area contributed by atoms with Crippen LogP contribution in [0.3, 0.4) is 0 Å². The van der Waals surface area contributed by atoms with E-state index in [0.29, 0.717) is 16.9 Å². The van der Waals surface area contributed by atoms with Crippen LogP contribution in [0.15, 0.2) is 35.7 Å². The van der Waals surface area contributed by atoms with Crippen LogP contribution < -0.4 is 10.6 Å². The number of aromatic nitrogens is 4. The molecule has 2 N–H and O–H groups in total. The second-order valence-electron chi connectivity index (χ2n) is 6.31. The number of hydrogen-bond donors (Lipinski definition) is 2. The molecule has 0 bridgehead atoms. The Bertz CT molecular complexity index is 904. The van der Waals surface area contributed by atoms with Crippen molar-refractivity contribution in [2.24, 2.45) is 0 Å². The molecule has 0 aliphatic carbocycles. The Balaban J connectivity index is 0.00000210. The fourth-order valence-electron chi connectivity index (χ4n) is 3.18. The molecule has 1 saturated heterocycles. The number of thiazole rings is 1. The highest BCUT2D eigenvalue weighted by Gasteiger charge is 2.23. The quantitative estimate of drug-likeness (QED) is 0.696. The molecule has 1 fully saturated rings. The van der Waals surface area contributed by atoms with E-state index in [4.69, 9.17) is 0 Å². The first-order valence-corrected chi connectivity index (χ1v) is 9.55. The molecule has 3 heterocycles. The first kappa shape index (κ1) is 19.5. The molecule has 0 saturated carbocycles. The first-order valence-electron chi connectivity index (χ1n) is 8.67. The maximum absolute atomic E-state index is 12.6. The monoisotopic (exact) mass is 404 g/mol. The molecule has 9 heteroatoms. The highest BCUT2D eigenvalue weighted by molar-refractivity contribution is 7.14. The van der Waals surface area contributed by atoms with Crippen molar-refractivity contribution in [3.8, 4) is 11.3 Å². The fourth-order valence-corrected chi connectivity index (χ4v) is 3.89. The summed E-state index contributed by atoms with van der Waals surface area (Å²) >= 11 is 1.40. The molecule has 1 aliphatic rings. The topological polar surface area (TPSA) is 84.7 Å². The molecule has 0 atom stereocenters. The highest BCUT2D eigenvalue weighted by Crippen LogP contribution is 2.25. The lowest BCUT2D eigenvalue weighted by atomic mass is 10.1. The number of halogens is 1. The molecule has 0 radical (unpaired) electrons. The average molecular weight is 405 g/mol. The number of anilines is 1. The summed E-state index contributed by atoms with van der Waals surface area (Å²) in [6.45, 7) is 3.83. The Kier molecular flexibility index (Phi) is 6.20. The number of benzene rings is 1. The van der Waals surface area contributed by atoms with E-state index >= 15 is 0 Å². The summed E-state index contributed by atoms with van der Waals surface area (Å²) in [5, 5.41) is 17.0. The Labute approximate surface area is 167 Å². The van der Waals surface area contributed by atoms with Gasteiger partial charge >= 0.3 is 0 Å². The van der Waals surface area contributed by atoms with Crippen LogP contribution in [0.4, 0.5) is 5.13 Å². The van der Waals surface area contributed by atoms with Gasteiger partial charge in [-0.1, -0.05) is 35.5 Å². The van der Waals surface area contributed by atoms with E-state index < -0.39 is 0 Å². The average Bonchev–Trinajstić information content (AvgIpc) is 3.30. The zero-order valence-corrected chi connectivity index (χ0v) is 16.5. The van der Waals surface area contributed by atoms with Crippen LogP contribution in [0.2, 0.25) is 0 Å². The van der Waals surface area contributed by atoms with Crippen LogP contribution in [0.5, 0.6) is 0 Å². The number of carbonyl (C=O) groups excluding carboxylic acids is 1. The summed E-state index contributed by atoms with van der Waals surface area (Å²) in [5.74, 6) is -0.267. The second-order valence-corrected chi connectivity index (χ2v) is 7.17. The maximum atomic E-state index is 12.6. The molecule has 1 aromatic carbocycles. The molecular weight excluding hydrogens is 384 g/mol. The van der Waals surface area contributed by atoms with Gasteiger partial charge in [-0.25, -0.2) is 9.67 Å². The molecule has 2 aromatic heterocycles. The Hall–Kier alpha value is -2.29. The summed E-state index contributed by atoms with van der Waals surface area (Å²) in [5.41, 5.74) is 3.03. The molecule has 4 rings (SSSR count). The SMILES string of the molecule is Cc1c(C(=O)Nc2nc(-c3ccccc3)cs2)nnn1C1CCNCC1.Cl. The minimum absolute atomic E-state index is 0. The molecule has 0 spiro atoms. The zero-order valence-electron chi connectivity index (χ0n) is 14.9. The molecule has 7 nitrogen and oxygen atoms in total. The van der Waals surface area contributed by atoms with Gasteiger partial charge in [-0.15, -0.1) is 28.8 Å². The lowest BCUT2D eigenvalue weighted by Gasteiger charge is -2.23. The van der Waals surface area contributed by atoms with Gasteiger partial charge in [0.15, 0.2) is 10.8 Å². The summed E-state index contributed by atoms with van der Waals surface area (Å²) in [4.78, 5) is 17.1. The van der Waals surface area contributed by atoms with Gasteiger partial charge in [0, 0.05) is 10.9 Å². The largest absolute Gasteiger partial charge is 0.317 e. The van der Waals surface area contributed by atoms with Crippen LogP contribution in [0.25, 0.3) is 11.3 Å². The molecular formula is C18H21ClN6OS. The third-order valence-corrected chi connectivity index (χ3v) is 5.35. The van der Waals surface area contributed by atoms with E-state index in [2.05, 4.69) is 25.9 Å². The summed E-state index contributed by atoms with van der Waals surface area (Å²) in [7, 11) is 0. The minimum Gasteiger partial charge on any atom is -0.317 e. The van der Waals surface area contributed by atoms with Gasteiger partial charge in [0.2, 0.25) is 0 Å². The lowest BCUT2D eigenvalue weighted by Crippen LogP contribution is -2.30. The third-order valence-electron chi connectivity index (χ3n) is 4.59. The van der Waals surface area contributed by atoms with Crippen molar-refractivity contribution >= 4 is 34.8 Å². The Morgan fingerprint density at radius 2 is 2.00 bits per heavy atom. The number of nitrogens with zero attached hydrogens (tertiary/aromatic N) is 4. The number of hydrogen-bond acceptors (Lipinski definition) is 6. The van der Waals surface area contributed by atoms with Gasteiger partial charge in [-0.3, -0.25) is 10.1 Å². The number of carbonyl (C=O) groups is 1. The van der Waals surface area contributed by atoms with Crippen LogP contribution in [-0.2, 0) is 0 Å². The van der Waals surface area contributed by atoms with E-state index in [1.807, 2.05) is 47.3 Å². The van der Waals surface area contributed by atoms with E-state index in [9.17, 15) is 4.79 Å². The van der Waals surface area contributed by atoms with Crippen molar-refractivity contribution in [2.45, 2.75) is 25.8 Å². The van der Waals surface area contributed by atoms with Crippen molar-refractivity contribution in [1.29, 1.82) is 0 Å². The van der Waals surface area contributed by atoms with Crippen molar-refractivity contribution in [3.05, 3.63) is 47.1 Å². The summed E-state index contributed by atoms with van der Waals surface area (Å²) < 4.78 is 1.88. The van der Waals surface area contributed by atoms with Gasteiger partial charge < -0.3 is 5.32 Å². The lowest BCUT2D eigenvalue weighted by molar-refractivity contribution is 0.102. The van der Waals surface area contributed by atoms with Crippen molar-refractivity contribution in [1.82, 2.24) is 25.3 Å². The second kappa shape index (κ2) is 8.60. The Morgan fingerprint density at radius 1 is 1.26 bits per heavy atom. The van der Waals surface area contributed by atoms with Crippen LogP contribution in [0.1, 0.15) is 35.1 Å². The van der Waals surface area contributed by atoms with Crippen LogP contribution in [0, 0.1) is 6.92 Å². The predicted molar refractivity (Wildman–Crippen MR) is 109 cm³/mol. The molecule has 1 amide bonds. The van der Waals surface area contributed by atoms with Gasteiger partial charge in [-0.05, 0) is 32.9 Å². The molecule has 142 valence electrons. The standard InChI is InChI=1S/C18H20N6OS.ClH/c1-12-16(22-23-24(12)14-7-9-19-10-8-14)17(25)21-18-20-15(11-26-18)13-5-3-2-4-6-13;/h2-6,11,14,19H,7-10H2,1H3,(H,20,21,25);1H. The number of rotatable bonds is 4. The van der Waals surface area contributed by atoms with E-state index in [1.165, 1.54) is 11.3 Å². The van der Waals surface area contributed by atoms with E-state index in [0.717, 1.165) is 42.9 Å². The van der Waals surface area contributed by atoms with Crippen molar-refractivity contribution < 1.29 is 4.79 Å². The van der Waals surface area contributed by atoms with Gasteiger partial charge in [0.05, 0.1) is 17.4 Å². The van der Waals surface area contributed by atoms with Gasteiger partial charge in [-0.2, -0.15) is 0 Å². The number of amides is 1. The van der Waals surface area contributed by atoms with Gasteiger partial charge in [0.1, 0.15) is 0 Å². The number of piperidine rings is 1. The highest BCUT2D eigenvalue weighted by atomic mass is 35.5. The summed E-state index contributed by atoms with van der Waals surface area (Å²) in [6.07, 6.45) is 2.00. The summed E-state index contributed by atoms with van der Waals surface area (Å²) in [6, 6.07) is 10.2. The minimum atomic E-state index is -0.267. The molecule has 1 aliphatic heterocycles. The molecule has 0 unspecified atom stereocenters. The van der Waals surface area contributed by atoms with Crippen LogP contribution in [-0.4, -0.2) is 39.0 Å². The number of nitrogens with one attached hydrogen (secondary N) is 2. The fraction of sp³-hybridized carbons (Fsp3) is 0.333. The zero-order chi connectivity index (χ0) is 17.9. The first-order chi connectivity index (χ1) is 12.7. The molecule has 27 heavy (non-hydrogen) atoms. The van der Waals surface area contributed by atoms with E-state index in [1.54, 1.807) is 0 Å². The van der Waals surface area contributed by atoms with Crippen LogP contribution >= 0.6 is 23.7 Å². The van der Waals surface area contributed by atoms with E-state index in [-0.39, 0.29) is 18.3 Å². The normalized spacial score (nSPS) is 14.6. The molecule has 3 aromatic rings. The predicted octanol–water partition coefficient (Wildman–Crippen LogP) is 3.31. The van der Waals surface area contributed by atoms with Crippen molar-refractivity contribution in [2.75, 3.05) is 18.4 Å². The maximum Gasteiger partial charge on any atom is 0.279 e. The smallest absolute Gasteiger partial charge is 0.279 e. The van der Waals surface area contributed by atoms with Crippen molar-refractivity contribution in [3.63, 3.8) is 0 Å². The third kappa shape index (κ3) is 4.18. The Morgan fingerprint density at radius 3 is 2.74 bits per heavy atom. The van der Waals surface area contributed by atoms with Gasteiger partial charge in [0.25, 0.3) is 5.91 Å².